The summed E-state index contributed by atoms with van der Waals surface area (Å²) in [5, 5.41) is 5.13. The number of rotatable bonds is 5. The smallest absolute Gasteiger partial charge is 0.303 e. The van der Waals surface area contributed by atoms with Gasteiger partial charge in [-0.3, -0.25) is 0 Å². The average Bonchev–Trinajstić information content (AvgIpc) is 2.61. The maximum absolute atomic E-state index is 13.7. The first kappa shape index (κ1) is 25.5. The summed E-state index contributed by atoms with van der Waals surface area (Å²) in [4.78, 5) is 21.6. The molecule has 8 aliphatic carbocycles. The van der Waals surface area contributed by atoms with E-state index in [1.165, 1.54) is 12.8 Å². The topological polar surface area (TPSA) is 191 Å². The molecule has 0 aromatic rings. The molecule has 0 aromatic carbocycles. The Bertz CT molecular complexity index is 955. The van der Waals surface area contributed by atoms with E-state index in [1.807, 2.05) is 4.31 Å². The van der Waals surface area contributed by atoms with E-state index < -0.39 is 28.3 Å². The van der Waals surface area contributed by atoms with Gasteiger partial charge in [-0.05, 0) is 112 Å². The van der Waals surface area contributed by atoms with Gasteiger partial charge in [-0.25, -0.2) is 18.7 Å². The lowest BCUT2D eigenvalue weighted by atomic mass is 9.52. The number of nitrogens with zero attached hydrogens (tertiary/aromatic N) is 1. The summed E-state index contributed by atoms with van der Waals surface area (Å²) < 4.78 is 61.4. The molecule has 11 nitrogen and oxygen atoms in total. The minimum absolute atomic E-state index is 0.0112. The van der Waals surface area contributed by atoms with E-state index in [-0.39, 0.29) is 12.1 Å². The maximum atomic E-state index is 13.7. The zero-order valence-corrected chi connectivity index (χ0v) is 21.5. The molecular formula is C20H36N3O8PS2. The van der Waals surface area contributed by atoms with Gasteiger partial charge in [0, 0.05) is 12.1 Å². The summed E-state index contributed by atoms with van der Waals surface area (Å²) >= 11 is 0. The number of hydrogen-bond acceptors (Lipinski definition) is 6. The predicted molar refractivity (Wildman–Crippen MR) is 123 cm³/mol. The monoisotopic (exact) mass is 541 g/mol. The Balaban J connectivity index is 0.000000439. The van der Waals surface area contributed by atoms with E-state index in [4.69, 9.17) is 32.8 Å². The van der Waals surface area contributed by atoms with E-state index in [0.717, 1.165) is 75.0 Å². The Morgan fingerprint density at radius 3 is 1.21 bits per heavy atom. The van der Waals surface area contributed by atoms with Crippen LogP contribution in [-0.2, 0) is 28.7 Å². The molecule has 1 atom stereocenters. The fourth-order valence-electron chi connectivity index (χ4n) is 9.31. The van der Waals surface area contributed by atoms with Crippen molar-refractivity contribution >= 4 is 28.3 Å². The van der Waals surface area contributed by atoms with E-state index in [2.05, 4.69) is 0 Å². The first-order chi connectivity index (χ1) is 15.7. The molecule has 0 saturated heterocycles. The molecule has 14 heteroatoms. The van der Waals surface area contributed by atoms with Crippen molar-refractivity contribution in [2.24, 2.45) is 52.5 Å². The van der Waals surface area contributed by atoms with Gasteiger partial charge in [-0.1, -0.05) is 0 Å². The second-order valence-corrected chi connectivity index (χ2v) is 15.7. The lowest BCUT2D eigenvalue weighted by molar-refractivity contribution is -0.100. The zero-order valence-electron chi connectivity index (χ0n) is 19.0. The van der Waals surface area contributed by atoms with Gasteiger partial charge in [0.25, 0.3) is 0 Å². The van der Waals surface area contributed by atoms with Gasteiger partial charge >= 0.3 is 18.1 Å². The van der Waals surface area contributed by atoms with Gasteiger partial charge in [0.15, 0.2) is 0 Å². The Labute approximate surface area is 201 Å². The molecule has 8 rings (SSSR count). The van der Waals surface area contributed by atoms with Gasteiger partial charge in [0.05, 0.1) is 0 Å². The van der Waals surface area contributed by atoms with Crippen molar-refractivity contribution in [1.82, 2.24) is 4.31 Å². The first-order valence-electron chi connectivity index (χ1n) is 12.3. The molecule has 0 spiro atoms. The quantitative estimate of drug-likeness (QED) is 0.327. The Morgan fingerprint density at radius 2 is 0.971 bits per heavy atom. The molecule has 0 radical (unpaired) electrons. The molecule has 0 amide bonds. The van der Waals surface area contributed by atoms with Crippen LogP contribution in [-0.4, -0.2) is 43.7 Å². The lowest BCUT2D eigenvalue weighted by Gasteiger charge is -2.62. The van der Waals surface area contributed by atoms with Gasteiger partial charge in [-0.15, -0.1) is 3.63 Å². The van der Waals surface area contributed by atoms with Crippen molar-refractivity contribution in [3.63, 3.8) is 0 Å². The second-order valence-electron chi connectivity index (χ2n) is 11.8. The summed E-state index contributed by atoms with van der Waals surface area (Å²) in [6.45, 7) is 0. The van der Waals surface area contributed by atoms with Crippen LogP contribution >= 0.6 is 7.82 Å². The van der Waals surface area contributed by atoms with Crippen LogP contribution < -0.4 is 5.14 Å². The molecule has 8 aliphatic rings. The fraction of sp³-hybridized carbons (Fsp3) is 1.00. The SMILES string of the molecule is N=S(=O)(OS(N)(=O)=O)N(C1C2CC3CC(C2)CC1C3)C1C2CC3CC(C2)CC1C3.O=P(O)(O)O. The Morgan fingerprint density at radius 1 is 0.706 bits per heavy atom. The highest BCUT2D eigenvalue weighted by molar-refractivity contribution is 7.98. The molecular weight excluding hydrogens is 505 g/mol. The number of phosphoric acid groups is 1. The fourth-order valence-corrected chi connectivity index (χ4v) is 11.9. The molecule has 8 bridgehead atoms. The van der Waals surface area contributed by atoms with Crippen molar-refractivity contribution < 1.29 is 35.5 Å². The van der Waals surface area contributed by atoms with Crippen molar-refractivity contribution in [2.75, 3.05) is 0 Å². The maximum Gasteiger partial charge on any atom is 0.466 e. The first-order valence-corrected chi connectivity index (χ1v) is 16.7. The summed E-state index contributed by atoms with van der Waals surface area (Å²) in [7, 11) is -13.0. The van der Waals surface area contributed by atoms with Crippen LogP contribution in [0.5, 0.6) is 0 Å². The number of hydrogen-bond donors (Lipinski definition) is 5. The third-order valence-corrected chi connectivity index (χ3v) is 11.9. The zero-order chi connectivity index (χ0) is 24.6. The summed E-state index contributed by atoms with van der Waals surface area (Å²) in [5.74, 6) is 4.70. The van der Waals surface area contributed by atoms with Gasteiger partial charge in [-0.2, -0.15) is 12.7 Å². The van der Waals surface area contributed by atoms with Crippen molar-refractivity contribution in [3.8, 4) is 0 Å². The lowest BCUT2D eigenvalue weighted by Crippen LogP contribution is -2.65. The van der Waals surface area contributed by atoms with Gasteiger partial charge in [0.2, 0.25) is 10.2 Å². The van der Waals surface area contributed by atoms with Crippen LogP contribution in [0.1, 0.15) is 64.2 Å². The molecule has 0 heterocycles. The number of nitrogens with one attached hydrogen (secondary N) is 1. The third-order valence-electron chi connectivity index (χ3n) is 9.41. The summed E-state index contributed by atoms with van der Waals surface area (Å²) in [6, 6.07) is 0.0224. The highest BCUT2D eigenvalue weighted by atomic mass is 32.3. The number of nitrogens with two attached hydrogens (primary N) is 1. The average molecular weight is 542 g/mol. The second kappa shape index (κ2) is 8.73. The summed E-state index contributed by atoms with van der Waals surface area (Å²) in [6.07, 6.45) is 11.7. The largest absolute Gasteiger partial charge is 0.466 e. The normalized spacial score (nSPS) is 46.3. The van der Waals surface area contributed by atoms with Crippen molar-refractivity contribution in [1.29, 1.82) is 4.78 Å². The molecule has 0 aromatic heterocycles. The van der Waals surface area contributed by atoms with Crippen LogP contribution in [0.25, 0.3) is 0 Å². The predicted octanol–water partition coefficient (Wildman–Crippen LogP) is 2.11. The van der Waals surface area contributed by atoms with Crippen molar-refractivity contribution in [2.45, 2.75) is 76.3 Å². The minimum atomic E-state index is -4.64. The standard InChI is InChI=1S/C20H33N3O4S2.H3O4P/c21-28(24,27-29(22,25)26)23(19-15-3-11-1-12(5-15)6-16(19)4-11)20-17-7-13-2-14(9-17)10-18(20)8-13;1-5(2,3)4/h11-21H,1-10H2,(H2,22,25,26);(H3,1,2,3,4). The van der Waals surface area contributed by atoms with Gasteiger partial charge < -0.3 is 14.7 Å². The van der Waals surface area contributed by atoms with Crippen LogP contribution in [0.4, 0.5) is 0 Å². The van der Waals surface area contributed by atoms with Crippen LogP contribution in [0.2, 0.25) is 0 Å². The molecule has 196 valence electrons. The molecule has 6 N–H and O–H groups in total. The van der Waals surface area contributed by atoms with E-state index in [9.17, 15) is 12.6 Å². The summed E-state index contributed by atoms with van der Waals surface area (Å²) in [5.41, 5.74) is 0. The molecule has 8 saturated carbocycles. The Hall–Kier alpha value is -0.110. The highest BCUT2D eigenvalue weighted by Crippen LogP contribution is 2.60. The van der Waals surface area contributed by atoms with E-state index >= 15 is 0 Å². The molecule has 8 fully saturated rings. The van der Waals surface area contributed by atoms with E-state index in [0.29, 0.717) is 23.7 Å². The van der Waals surface area contributed by atoms with Crippen molar-refractivity contribution in [3.05, 3.63) is 0 Å². The van der Waals surface area contributed by atoms with Crippen LogP contribution in [0.15, 0.2) is 0 Å². The van der Waals surface area contributed by atoms with Crippen LogP contribution in [0, 0.1) is 52.1 Å². The van der Waals surface area contributed by atoms with Crippen LogP contribution in [0.3, 0.4) is 0 Å². The molecule has 1 unspecified atom stereocenters. The minimum Gasteiger partial charge on any atom is -0.303 e. The molecule has 0 aliphatic heterocycles. The molecule has 34 heavy (non-hydrogen) atoms. The third kappa shape index (κ3) is 5.28. The highest BCUT2D eigenvalue weighted by Gasteiger charge is 2.58. The van der Waals surface area contributed by atoms with E-state index in [1.54, 1.807) is 0 Å². The van der Waals surface area contributed by atoms with Gasteiger partial charge in [0.1, 0.15) is 0 Å². The Kier molecular flexibility index (Phi) is 6.56.